The van der Waals surface area contributed by atoms with Crippen LogP contribution >= 0.6 is 11.3 Å². The largest absolute Gasteiger partial charge is 0.423 e. The second-order valence-electron chi connectivity index (χ2n) is 8.93. The number of fused-ring (bicyclic) bond motifs is 3. The van der Waals surface area contributed by atoms with Gasteiger partial charge in [0.15, 0.2) is 5.58 Å². The summed E-state index contributed by atoms with van der Waals surface area (Å²) in [5.74, 6) is 0. The zero-order chi connectivity index (χ0) is 20.6. The summed E-state index contributed by atoms with van der Waals surface area (Å²) in [6, 6.07) is 3.02. The molecule has 2 bridgehead atoms. The number of alkyl halides is 3. The van der Waals surface area contributed by atoms with Crippen molar-refractivity contribution in [1.82, 2.24) is 15.3 Å². The molecule has 2 atom stereocenters. The number of hydrogen-bond donors (Lipinski definition) is 1. The summed E-state index contributed by atoms with van der Waals surface area (Å²) in [4.78, 5) is 10.5. The number of nitrogens with one attached hydrogen (secondary N) is 1. The SMILES string of the molecule is CC(C)(C)C12CC(CN(c3nc4c(C(F)(F)F)ccc(-c5nccs5)c4o3)C1)N2. The number of aromatic nitrogens is 2. The third kappa shape index (κ3) is 2.85. The first kappa shape index (κ1) is 18.9. The highest BCUT2D eigenvalue weighted by Gasteiger charge is 2.56. The highest BCUT2D eigenvalue weighted by atomic mass is 32.1. The van der Waals surface area contributed by atoms with Gasteiger partial charge >= 0.3 is 6.18 Å². The fraction of sp³-hybridized carbons (Fsp3) is 0.500. The van der Waals surface area contributed by atoms with Gasteiger partial charge in [-0.2, -0.15) is 18.2 Å². The van der Waals surface area contributed by atoms with Gasteiger partial charge in [0.2, 0.25) is 0 Å². The van der Waals surface area contributed by atoms with E-state index in [0.717, 1.165) is 12.5 Å². The lowest BCUT2D eigenvalue weighted by Gasteiger charge is -2.62. The van der Waals surface area contributed by atoms with Crippen LogP contribution in [0.25, 0.3) is 21.7 Å². The molecule has 3 aliphatic heterocycles. The third-order valence-corrected chi connectivity index (χ3v) is 6.99. The first-order valence-corrected chi connectivity index (χ1v) is 10.4. The first-order valence-electron chi connectivity index (χ1n) is 9.51. The molecule has 2 aromatic heterocycles. The molecule has 3 aliphatic rings. The standard InChI is InChI=1S/C20H21F3N4OS/c1-18(2,3)19-8-11(26-19)9-27(10-19)17-25-14-13(20(21,22)23)5-4-12(15(14)28-17)16-24-6-7-29-16/h4-7,11,26H,8-10H2,1-3H3. The second kappa shape index (κ2) is 5.95. The van der Waals surface area contributed by atoms with E-state index in [2.05, 4.69) is 36.1 Å². The fourth-order valence-electron chi connectivity index (χ4n) is 4.46. The van der Waals surface area contributed by atoms with E-state index < -0.39 is 11.7 Å². The van der Waals surface area contributed by atoms with Gasteiger partial charge in [-0.05, 0) is 24.0 Å². The molecule has 3 fully saturated rings. The van der Waals surface area contributed by atoms with E-state index in [9.17, 15) is 13.2 Å². The van der Waals surface area contributed by atoms with Crippen molar-refractivity contribution in [1.29, 1.82) is 0 Å². The predicted molar refractivity (Wildman–Crippen MR) is 106 cm³/mol. The Bertz CT molecular complexity index is 1060. The zero-order valence-electron chi connectivity index (χ0n) is 16.3. The van der Waals surface area contributed by atoms with Crippen LogP contribution in [0.15, 0.2) is 28.1 Å². The molecule has 0 amide bonds. The summed E-state index contributed by atoms with van der Waals surface area (Å²) in [6.07, 6.45) is -1.84. The van der Waals surface area contributed by atoms with Crippen molar-refractivity contribution >= 4 is 28.5 Å². The normalized spacial score (nSPS) is 24.8. The summed E-state index contributed by atoms with van der Waals surface area (Å²) < 4.78 is 46.8. The Morgan fingerprint density at radius 1 is 1.28 bits per heavy atom. The van der Waals surface area contributed by atoms with Gasteiger partial charge < -0.3 is 14.6 Å². The van der Waals surface area contributed by atoms with Gasteiger partial charge in [0.25, 0.3) is 6.01 Å². The van der Waals surface area contributed by atoms with Crippen molar-refractivity contribution in [2.24, 2.45) is 5.41 Å². The summed E-state index contributed by atoms with van der Waals surface area (Å²) in [5.41, 5.74) is -0.348. The van der Waals surface area contributed by atoms with Crippen LogP contribution in [0.1, 0.15) is 32.8 Å². The number of rotatable bonds is 2. The molecular formula is C20H21F3N4OS. The van der Waals surface area contributed by atoms with Crippen LogP contribution in [0.2, 0.25) is 0 Å². The number of thiazole rings is 1. The lowest BCUT2D eigenvalue weighted by atomic mass is 9.62. The molecule has 154 valence electrons. The smallest absolute Gasteiger partial charge is 0.418 e. The molecule has 2 unspecified atom stereocenters. The molecule has 0 spiro atoms. The molecule has 5 heterocycles. The molecule has 3 saturated heterocycles. The molecule has 1 N–H and O–H groups in total. The van der Waals surface area contributed by atoms with Crippen molar-refractivity contribution < 1.29 is 17.6 Å². The Hall–Kier alpha value is -2.13. The number of benzene rings is 1. The Balaban J connectivity index is 1.62. The van der Waals surface area contributed by atoms with Gasteiger partial charge in [0, 0.05) is 36.2 Å². The Labute approximate surface area is 169 Å². The lowest BCUT2D eigenvalue weighted by Crippen LogP contribution is -2.80. The van der Waals surface area contributed by atoms with Crippen molar-refractivity contribution in [2.45, 2.75) is 44.9 Å². The molecule has 0 radical (unpaired) electrons. The van der Waals surface area contributed by atoms with Crippen LogP contribution in [0, 0.1) is 5.41 Å². The zero-order valence-corrected chi connectivity index (χ0v) is 17.1. The molecule has 0 aliphatic carbocycles. The quantitative estimate of drug-likeness (QED) is 0.634. The van der Waals surface area contributed by atoms with E-state index in [1.165, 1.54) is 17.4 Å². The van der Waals surface area contributed by atoms with Crippen LogP contribution in [0.3, 0.4) is 0 Å². The van der Waals surface area contributed by atoms with Gasteiger partial charge in [-0.3, -0.25) is 0 Å². The minimum Gasteiger partial charge on any atom is -0.423 e. The number of nitrogens with zero attached hydrogens (tertiary/aromatic N) is 3. The summed E-state index contributed by atoms with van der Waals surface area (Å²) in [7, 11) is 0. The topological polar surface area (TPSA) is 54.2 Å². The van der Waals surface area contributed by atoms with Gasteiger partial charge in [0.05, 0.1) is 11.1 Å². The number of piperazine rings is 1. The van der Waals surface area contributed by atoms with Crippen LogP contribution in [0.4, 0.5) is 19.2 Å². The molecule has 5 nitrogen and oxygen atoms in total. The van der Waals surface area contributed by atoms with Crippen molar-refractivity contribution in [3.05, 3.63) is 29.3 Å². The molecule has 6 rings (SSSR count). The molecule has 9 heteroatoms. The Morgan fingerprint density at radius 2 is 2.03 bits per heavy atom. The second-order valence-corrected chi connectivity index (χ2v) is 9.82. The Kier molecular flexibility index (Phi) is 3.87. The summed E-state index contributed by atoms with van der Waals surface area (Å²) in [6.45, 7) is 7.84. The summed E-state index contributed by atoms with van der Waals surface area (Å²) >= 11 is 1.36. The minimum absolute atomic E-state index is 0.0113. The number of halogens is 3. The van der Waals surface area contributed by atoms with Gasteiger partial charge in [-0.1, -0.05) is 20.8 Å². The van der Waals surface area contributed by atoms with Crippen LogP contribution < -0.4 is 10.2 Å². The number of oxazole rings is 1. The summed E-state index contributed by atoms with van der Waals surface area (Å²) in [5, 5.41) is 6.03. The maximum atomic E-state index is 13.6. The van der Waals surface area contributed by atoms with E-state index in [1.54, 1.807) is 11.6 Å². The lowest BCUT2D eigenvalue weighted by molar-refractivity contribution is -0.136. The highest BCUT2D eigenvalue weighted by Crippen LogP contribution is 2.47. The molecule has 1 aromatic carbocycles. The maximum Gasteiger partial charge on any atom is 0.418 e. The van der Waals surface area contributed by atoms with E-state index in [-0.39, 0.29) is 28.1 Å². The number of piperidine rings is 1. The predicted octanol–water partition coefficient (Wildman–Crippen LogP) is 4.94. The minimum atomic E-state index is -4.51. The van der Waals surface area contributed by atoms with E-state index in [4.69, 9.17) is 4.42 Å². The van der Waals surface area contributed by atoms with Gasteiger partial charge in [-0.25, -0.2) is 4.98 Å². The monoisotopic (exact) mass is 422 g/mol. The molecule has 3 aromatic rings. The van der Waals surface area contributed by atoms with Crippen LogP contribution in [-0.4, -0.2) is 34.6 Å². The van der Waals surface area contributed by atoms with Crippen molar-refractivity contribution in [2.75, 3.05) is 18.0 Å². The highest BCUT2D eigenvalue weighted by molar-refractivity contribution is 7.13. The van der Waals surface area contributed by atoms with Gasteiger partial charge in [0.1, 0.15) is 10.5 Å². The Morgan fingerprint density at radius 3 is 2.66 bits per heavy atom. The average molecular weight is 422 g/mol. The molecular weight excluding hydrogens is 401 g/mol. The average Bonchev–Trinajstić information content (AvgIpc) is 3.28. The van der Waals surface area contributed by atoms with E-state index in [1.807, 2.05) is 4.90 Å². The maximum absolute atomic E-state index is 13.6. The molecule has 29 heavy (non-hydrogen) atoms. The fourth-order valence-corrected chi connectivity index (χ4v) is 5.12. The van der Waals surface area contributed by atoms with Crippen molar-refractivity contribution in [3.8, 4) is 10.6 Å². The number of hydrogen-bond acceptors (Lipinski definition) is 6. The van der Waals surface area contributed by atoms with E-state index >= 15 is 0 Å². The van der Waals surface area contributed by atoms with Crippen molar-refractivity contribution in [3.63, 3.8) is 0 Å². The number of anilines is 1. The van der Waals surface area contributed by atoms with Crippen LogP contribution in [0.5, 0.6) is 0 Å². The van der Waals surface area contributed by atoms with Gasteiger partial charge in [-0.15, -0.1) is 11.3 Å². The third-order valence-electron chi connectivity index (χ3n) is 6.18. The molecule has 0 saturated carbocycles. The first-order chi connectivity index (χ1) is 13.6. The van der Waals surface area contributed by atoms with E-state index in [0.29, 0.717) is 29.7 Å². The van der Waals surface area contributed by atoms with Crippen LogP contribution in [-0.2, 0) is 6.18 Å².